The SMILES string of the molecule is Cc1cc(C(N)=O)ccc1NC(C)c1ccc(Cl)c(Cl)c1. The molecule has 0 radical (unpaired) electrons. The second-order valence-electron chi connectivity index (χ2n) is 4.93. The minimum absolute atomic E-state index is 0.0536. The van der Waals surface area contributed by atoms with Crippen molar-refractivity contribution in [1.82, 2.24) is 0 Å². The first-order chi connectivity index (χ1) is 9.88. The minimum atomic E-state index is -0.429. The maximum absolute atomic E-state index is 11.2. The molecule has 0 saturated heterocycles. The van der Waals surface area contributed by atoms with Crippen LogP contribution in [0, 0.1) is 6.92 Å². The first-order valence-corrected chi connectivity index (χ1v) is 7.26. The largest absolute Gasteiger partial charge is 0.378 e. The molecule has 0 saturated carbocycles. The van der Waals surface area contributed by atoms with Crippen LogP contribution in [-0.4, -0.2) is 5.91 Å². The first-order valence-electron chi connectivity index (χ1n) is 6.50. The van der Waals surface area contributed by atoms with Gasteiger partial charge in [-0.05, 0) is 55.3 Å². The molecule has 3 nitrogen and oxygen atoms in total. The van der Waals surface area contributed by atoms with Gasteiger partial charge in [-0.15, -0.1) is 0 Å². The van der Waals surface area contributed by atoms with E-state index >= 15 is 0 Å². The Balaban J connectivity index is 2.21. The van der Waals surface area contributed by atoms with Gasteiger partial charge in [0.1, 0.15) is 0 Å². The van der Waals surface area contributed by atoms with Gasteiger partial charge in [0.2, 0.25) is 5.91 Å². The second kappa shape index (κ2) is 6.37. The Morgan fingerprint density at radius 3 is 2.43 bits per heavy atom. The Bertz CT molecular complexity index is 686. The van der Waals surface area contributed by atoms with Gasteiger partial charge < -0.3 is 11.1 Å². The molecule has 1 unspecified atom stereocenters. The summed E-state index contributed by atoms with van der Waals surface area (Å²) >= 11 is 12.0. The molecule has 0 spiro atoms. The molecular weight excluding hydrogens is 307 g/mol. The number of halogens is 2. The molecule has 21 heavy (non-hydrogen) atoms. The van der Waals surface area contributed by atoms with Crippen LogP contribution in [0.5, 0.6) is 0 Å². The molecule has 0 aromatic heterocycles. The zero-order valence-electron chi connectivity index (χ0n) is 11.8. The van der Waals surface area contributed by atoms with Gasteiger partial charge >= 0.3 is 0 Å². The van der Waals surface area contributed by atoms with Crippen molar-refractivity contribution in [3.8, 4) is 0 Å². The van der Waals surface area contributed by atoms with Crippen LogP contribution in [0.25, 0.3) is 0 Å². The molecule has 5 heteroatoms. The Morgan fingerprint density at radius 1 is 1.14 bits per heavy atom. The van der Waals surface area contributed by atoms with Gasteiger partial charge in [0.15, 0.2) is 0 Å². The Kier molecular flexibility index (Phi) is 4.76. The highest BCUT2D eigenvalue weighted by Gasteiger charge is 2.10. The standard InChI is InChI=1S/C16H16Cl2N2O/c1-9-7-12(16(19)21)4-6-15(9)20-10(2)11-3-5-13(17)14(18)8-11/h3-8,10,20H,1-2H3,(H2,19,21). The lowest BCUT2D eigenvalue weighted by Crippen LogP contribution is -2.12. The smallest absolute Gasteiger partial charge is 0.248 e. The fraction of sp³-hybridized carbons (Fsp3) is 0.188. The second-order valence-corrected chi connectivity index (χ2v) is 5.75. The van der Waals surface area contributed by atoms with Crippen molar-refractivity contribution in [2.45, 2.75) is 19.9 Å². The third kappa shape index (κ3) is 3.69. The van der Waals surface area contributed by atoms with Crippen molar-refractivity contribution in [2.24, 2.45) is 5.73 Å². The third-order valence-corrected chi connectivity index (χ3v) is 4.07. The number of anilines is 1. The molecule has 2 aromatic rings. The Hall–Kier alpha value is -1.71. The topological polar surface area (TPSA) is 55.1 Å². The van der Waals surface area contributed by atoms with Gasteiger partial charge in [0.05, 0.1) is 10.0 Å². The number of benzene rings is 2. The van der Waals surface area contributed by atoms with Gasteiger partial charge in [0.25, 0.3) is 0 Å². The van der Waals surface area contributed by atoms with E-state index in [-0.39, 0.29) is 6.04 Å². The highest BCUT2D eigenvalue weighted by molar-refractivity contribution is 6.42. The van der Waals surface area contributed by atoms with Crippen molar-refractivity contribution >= 4 is 34.8 Å². The van der Waals surface area contributed by atoms with Crippen LogP contribution >= 0.6 is 23.2 Å². The molecular formula is C16H16Cl2N2O. The molecule has 2 aromatic carbocycles. The summed E-state index contributed by atoms with van der Waals surface area (Å²) in [7, 11) is 0. The molecule has 0 aliphatic rings. The van der Waals surface area contributed by atoms with Crippen LogP contribution < -0.4 is 11.1 Å². The summed E-state index contributed by atoms with van der Waals surface area (Å²) in [5.74, 6) is -0.429. The summed E-state index contributed by atoms with van der Waals surface area (Å²) in [5, 5.41) is 4.45. The molecule has 2 rings (SSSR count). The highest BCUT2D eigenvalue weighted by atomic mass is 35.5. The number of aryl methyl sites for hydroxylation is 1. The van der Waals surface area contributed by atoms with Crippen molar-refractivity contribution < 1.29 is 4.79 Å². The fourth-order valence-electron chi connectivity index (χ4n) is 2.08. The van der Waals surface area contributed by atoms with Crippen LogP contribution in [0.4, 0.5) is 5.69 Å². The first kappa shape index (κ1) is 15.7. The summed E-state index contributed by atoms with van der Waals surface area (Å²) in [6.45, 7) is 3.96. The van der Waals surface area contributed by atoms with E-state index in [9.17, 15) is 4.79 Å². The van der Waals surface area contributed by atoms with Crippen LogP contribution in [0.15, 0.2) is 36.4 Å². The normalized spacial score (nSPS) is 12.0. The molecule has 0 bridgehead atoms. The van der Waals surface area contributed by atoms with Crippen molar-refractivity contribution in [3.05, 3.63) is 63.1 Å². The highest BCUT2D eigenvalue weighted by Crippen LogP contribution is 2.28. The predicted molar refractivity (Wildman–Crippen MR) is 88.2 cm³/mol. The van der Waals surface area contributed by atoms with Gasteiger partial charge in [-0.3, -0.25) is 4.79 Å². The zero-order valence-corrected chi connectivity index (χ0v) is 13.3. The van der Waals surface area contributed by atoms with Crippen molar-refractivity contribution in [2.75, 3.05) is 5.32 Å². The van der Waals surface area contributed by atoms with Crippen LogP contribution in [-0.2, 0) is 0 Å². The van der Waals surface area contributed by atoms with Crippen LogP contribution in [0.2, 0.25) is 10.0 Å². The molecule has 0 fully saturated rings. The number of primary amides is 1. The Labute approximate surface area is 134 Å². The lowest BCUT2D eigenvalue weighted by Gasteiger charge is -2.18. The molecule has 0 aliphatic heterocycles. The van der Waals surface area contributed by atoms with E-state index in [1.807, 2.05) is 32.0 Å². The Morgan fingerprint density at radius 2 is 1.86 bits per heavy atom. The minimum Gasteiger partial charge on any atom is -0.378 e. The van der Waals surface area contributed by atoms with E-state index in [4.69, 9.17) is 28.9 Å². The number of rotatable bonds is 4. The maximum Gasteiger partial charge on any atom is 0.248 e. The van der Waals surface area contributed by atoms with E-state index in [1.165, 1.54) is 0 Å². The summed E-state index contributed by atoms with van der Waals surface area (Å²) < 4.78 is 0. The predicted octanol–water partition coefficient (Wildman–Crippen LogP) is 4.57. The average molecular weight is 323 g/mol. The quantitative estimate of drug-likeness (QED) is 0.866. The van der Waals surface area contributed by atoms with Gasteiger partial charge in [0, 0.05) is 17.3 Å². The lowest BCUT2D eigenvalue weighted by molar-refractivity contribution is 0.1000. The molecule has 3 N–H and O–H groups in total. The van der Waals surface area contributed by atoms with E-state index in [1.54, 1.807) is 18.2 Å². The van der Waals surface area contributed by atoms with Crippen molar-refractivity contribution in [3.63, 3.8) is 0 Å². The van der Waals surface area contributed by atoms with E-state index < -0.39 is 5.91 Å². The summed E-state index contributed by atoms with van der Waals surface area (Å²) in [4.78, 5) is 11.2. The number of hydrogen-bond acceptors (Lipinski definition) is 2. The molecule has 1 atom stereocenters. The van der Waals surface area contributed by atoms with Crippen molar-refractivity contribution in [1.29, 1.82) is 0 Å². The molecule has 1 amide bonds. The maximum atomic E-state index is 11.2. The summed E-state index contributed by atoms with van der Waals surface area (Å²) in [6, 6.07) is 10.9. The zero-order chi connectivity index (χ0) is 15.6. The number of nitrogens with two attached hydrogens (primary N) is 1. The summed E-state index contributed by atoms with van der Waals surface area (Å²) in [6.07, 6.45) is 0. The van der Waals surface area contributed by atoms with E-state index in [0.717, 1.165) is 16.8 Å². The lowest BCUT2D eigenvalue weighted by atomic mass is 10.1. The van der Waals surface area contributed by atoms with Gasteiger partial charge in [-0.1, -0.05) is 29.3 Å². The molecule has 110 valence electrons. The van der Waals surface area contributed by atoms with Gasteiger partial charge in [-0.2, -0.15) is 0 Å². The monoisotopic (exact) mass is 322 g/mol. The third-order valence-electron chi connectivity index (χ3n) is 3.33. The van der Waals surface area contributed by atoms with E-state index in [0.29, 0.717) is 15.6 Å². The fourth-order valence-corrected chi connectivity index (χ4v) is 2.38. The average Bonchev–Trinajstić information content (AvgIpc) is 2.43. The number of carbonyl (C=O) groups is 1. The number of carbonyl (C=O) groups excluding carboxylic acids is 1. The number of nitrogens with one attached hydrogen (secondary N) is 1. The van der Waals surface area contributed by atoms with E-state index in [2.05, 4.69) is 5.32 Å². The molecule has 0 aliphatic carbocycles. The van der Waals surface area contributed by atoms with Gasteiger partial charge in [-0.25, -0.2) is 0 Å². The number of hydrogen-bond donors (Lipinski definition) is 2. The summed E-state index contributed by atoms with van der Waals surface area (Å²) in [5.41, 5.74) is 8.70. The molecule has 0 heterocycles. The van der Waals surface area contributed by atoms with Crippen LogP contribution in [0.3, 0.4) is 0 Å². The number of amides is 1. The van der Waals surface area contributed by atoms with Crippen LogP contribution in [0.1, 0.15) is 34.5 Å².